The van der Waals surface area contributed by atoms with Gasteiger partial charge in [0.05, 0.1) is 6.61 Å². The normalized spacial score (nSPS) is 34.4. The average molecular weight is 220 g/mol. The third-order valence-corrected chi connectivity index (χ3v) is 4.52. The molecule has 0 amide bonds. The van der Waals surface area contributed by atoms with Gasteiger partial charge in [0.15, 0.2) is 0 Å². The van der Waals surface area contributed by atoms with Crippen LogP contribution in [-0.2, 0) is 0 Å². The van der Waals surface area contributed by atoms with Crippen molar-refractivity contribution in [2.75, 3.05) is 6.61 Å². The van der Waals surface area contributed by atoms with E-state index in [1.54, 1.807) is 5.57 Å². The maximum absolute atomic E-state index is 9.29. The Bertz CT molecular complexity index is 311. The molecule has 1 heteroatoms. The third-order valence-electron chi connectivity index (χ3n) is 4.52. The number of aliphatic hydroxyl groups is 1. The summed E-state index contributed by atoms with van der Waals surface area (Å²) in [4.78, 5) is 0. The minimum atomic E-state index is 0.261. The molecule has 2 rings (SSSR count). The zero-order valence-electron chi connectivity index (χ0n) is 10.7. The molecule has 16 heavy (non-hydrogen) atoms. The van der Waals surface area contributed by atoms with Gasteiger partial charge in [0, 0.05) is 0 Å². The highest BCUT2D eigenvalue weighted by Gasteiger charge is 2.35. The molecular weight excluding hydrogens is 196 g/mol. The van der Waals surface area contributed by atoms with E-state index in [2.05, 4.69) is 32.9 Å². The van der Waals surface area contributed by atoms with Crippen molar-refractivity contribution in [1.82, 2.24) is 0 Å². The number of aliphatic hydroxyl groups excluding tert-OH is 1. The van der Waals surface area contributed by atoms with Crippen molar-refractivity contribution in [1.29, 1.82) is 0 Å². The minimum absolute atomic E-state index is 0.261. The Balaban J connectivity index is 2.27. The van der Waals surface area contributed by atoms with Crippen LogP contribution in [0, 0.1) is 23.7 Å². The molecule has 0 saturated carbocycles. The van der Waals surface area contributed by atoms with Gasteiger partial charge in [-0.1, -0.05) is 31.6 Å². The van der Waals surface area contributed by atoms with Gasteiger partial charge in [0.25, 0.3) is 0 Å². The summed E-state index contributed by atoms with van der Waals surface area (Å²) in [6.07, 6.45) is 8.38. The lowest BCUT2D eigenvalue weighted by atomic mass is 9.64. The molecule has 0 aromatic heterocycles. The Kier molecular flexibility index (Phi) is 3.53. The first-order chi connectivity index (χ1) is 7.63. The van der Waals surface area contributed by atoms with E-state index in [9.17, 15) is 5.11 Å². The SMILES string of the molecule is CC1=CC[C@@H](C(C)C)[C@@H]2C=C(CO)CC[C@H]12. The fraction of sp³-hybridized carbons (Fsp3) is 0.733. The van der Waals surface area contributed by atoms with Gasteiger partial charge in [0.2, 0.25) is 0 Å². The van der Waals surface area contributed by atoms with E-state index in [4.69, 9.17) is 0 Å². The molecule has 2 aliphatic rings. The van der Waals surface area contributed by atoms with E-state index in [1.807, 2.05) is 0 Å². The largest absolute Gasteiger partial charge is 0.392 e. The molecule has 0 spiro atoms. The predicted octanol–water partition coefficient (Wildman–Crippen LogP) is 3.55. The Morgan fingerprint density at radius 3 is 2.81 bits per heavy atom. The van der Waals surface area contributed by atoms with E-state index in [0.717, 1.165) is 24.2 Å². The van der Waals surface area contributed by atoms with E-state index in [0.29, 0.717) is 5.92 Å². The summed E-state index contributed by atoms with van der Waals surface area (Å²) in [5.41, 5.74) is 2.84. The Morgan fingerprint density at radius 2 is 2.19 bits per heavy atom. The van der Waals surface area contributed by atoms with Crippen molar-refractivity contribution >= 4 is 0 Å². The molecule has 2 aliphatic carbocycles. The molecule has 0 bridgehead atoms. The van der Waals surface area contributed by atoms with E-state index < -0.39 is 0 Å². The fourth-order valence-electron chi connectivity index (χ4n) is 3.44. The van der Waals surface area contributed by atoms with Crippen LogP contribution in [0.25, 0.3) is 0 Å². The molecule has 0 saturated heterocycles. The fourth-order valence-corrected chi connectivity index (χ4v) is 3.44. The van der Waals surface area contributed by atoms with Gasteiger partial charge >= 0.3 is 0 Å². The highest BCUT2D eigenvalue weighted by atomic mass is 16.3. The van der Waals surface area contributed by atoms with Crippen molar-refractivity contribution in [2.45, 2.75) is 40.0 Å². The summed E-state index contributed by atoms with van der Waals surface area (Å²) >= 11 is 0. The number of fused-ring (bicyclic) bond motifs is 1. The van der Waals surface area contributed by atoms with Gasteiger partial charge in [0.1, 0.15) is 0 Å². The average Bonchev–Trinajstić information content (AvgIpc) is 2.28. The molecule has 0 fully saturated rings. The summed E-state index contributed by atoms with van der Waals surface area (Å²) in [7, 11) is 0. The summed E-state index contributed by atoms with van der Waals surface area (Å²) in [5.74, 6) is 2.94. The van der Waals surface area contributed by atoms with E-state index in [-0.39, 0.29) is 6.61 Å². The maximum Gasteiger partial charge on any atom is 0.0641 e. The second kappa shape index (κ2) is 4.75. The van der Waals surface area contributed by atoms with Crippen molar-refractivity contribution in [3.05, 3.63) is 23.3 Å². The van der Waals surface area contributed by atoms with Gasteiger partial charge in [-0.05, 0) is 55.4 Å². The lowest BCUT2D eigenvalue weighted by Crippen LogP contribution is -2.32. The molecule has 1 N–H and O–H groups in total. The molecule has 1 nitrogen and oxygen atoms in total. The summed E-state index contributed by atoms with van der Waals surface area (Å²) in [6.45, 7) is 7.21. The second-order valence-corrected chi connectivity index (χ2v) is 5.80. The first-order valence-electron chi connectivity index (χ1n) is 6.60. The third kappa shape index (κ3) is 2.10. The lowest BCUT2D eigenvalue weighted by molar-refractivity contribution is 0.203. The molecule has 0 heterocycles. The van der Waals surface area contributed by atoms with Crippen LogP contribution >= 0.6 is 0 Å². The predicted molar refractivity (Wildman–Crippen MR) is 68.1 cm³/mol. The molecule has 0 radical (unpaired) electrons. The minimum Gasteiger partial charge on any atom is -0.392 e. The van der Waals surface area contributed by atoms with Crippen LogP contribution in [0.2, 0.25) is 0 Å². The monoisotopic (exact) mass is 220 g/mol. The van der Waals surface area contributed by atoms with Crippen LogP contribution in [0.3, 0.4) is 0 Å². The molecule has 0 aromatic carbocycles. The van der Waals surface area contributed by atoms with Crippen molar-refractivity contribution < 1.29 is 5.11 Å². The van der Waals surface area contributed by atoms with Crippen LogP contribution < -0.4 is 0 Å². The van der Waals surface area contributed by atoms with Crippen LogP contribution in [0.1, 0.15) is 40.0 Å². The van der Waals surface area contributed by atoms with Crippen molar-refractivity contribution in [2.24, 2.45) is 23.7 Å². The van der Waals surface area contributed by atoms with Crippen LogP contribution in [0.15, 0.2) is 23.3 Å². The Labute approximate surface area is 99.3 Å². The topological polar surface area (TPSA) is 20.2 Å². The van der Waals surface area contributed by atoms with Gasteiger partial charge in [-0.3, -0.25) is 0 Å². The zero-order valence-corrected chi connectivity index (χ0v) is 10.7. The smallest absolute Gasteiger partial charge is 0.0641 e. The lowest BCUT2D eigenvalue weighted by Gasteiger charge is -2.41. The van der Waals surface area contributed by atoms with Gasteiger partial charge in [-0.2, -0.15) is 0 Å². The van der Waals surface area contributed by atoms with Crippen molar-refractivity contribution in [3.8, 4) is 0 Å². The maximum atomic E-state index is 9.29. The first-order valence-corrected chi connectivity index (χ1v) is 6.60. The molecule has 0 aliphatic heterocycles. The number of hydrogen-bond donors (Lipinski definition) is 1. The standard InChI is InChI=1S/C15H24O/c1-10(2)13-6-4-11(3)14-7-5-12(9-16)8-15(13)14/h4,8,10,13-16H,5-7,9H2,1-3H3/t13-,14+,15-/m0/s1. The van der Waals surface area contributed by atoms with Gasteiger partial charge in [-0.15, -0.1) is 0 Å². The second-order valence-electron chi connectivity index (χ2n) is 5.80. The summed E-state index contributed by atoms with van der Waals surface area (Å²) < 4.78 is 0. The van der Waals surface area contributed by atoms with Gasteiger partial charge < -0.3 is 5.11 Å². The highest BCUT2D eigenvalue weighted by molar-refractivity contribution is 5.21. The molecule has 3 atom stereocenters. The summed E-state index contributed by atoms with van der Waals surface area (Å²) in [6, 6.07) is 0. The Morgan fingerprint density at radius 1 is 1.44 bits per heavy atom. The Hall–Kier alpha value is -0.560. The molecule has 90 valence electrons. The molecule has 0 unspecified atom stereocenters. The number of rotatable bonds is 2. The summed E-state index contributed by atoms with van der Waals surface area (Å²) in [5, 5.41) is 9.29. The zero-order chi connectivity index (χ0) is 11.7. The highest BCUT2D eigenvalue weighted by Crippen LogP contribution is 2.45. The van der Waals surface area contributed by atoms with Crippen LogP contribution in [0.5, 0.6) is 0 Å². The van der Waals surface area contributed by atoms with E-state index in [1.165, 1.54) is 18.4 Å². The van der Waals surface area contributed by atoms with E-state index >= 15 is 0 Å². The molecular formula is C15H24O. The quantitative estimate of drug-likeness (QED) is 0.706. The van der Waals surface area contributed by atoms with Gasteiger partial charge in [-0.25, -0.2) is 0 Å². The number of allylic oxidation sites excluding steroid dienone is 3. The first kappa shape index (κ1) is 11.9. The van der Waals surface area contributed by atoms with Crippen LogP contribution in [0.4, 0.5) is 0 Å². The van der Waals surface area contributed by atoms with Crippen LogP contribution in [-0.4, -0.2) is 11.7 Å². The van der Waals surface area contributed by atoms with Crippen molar-refractivity contribution in [3.63, 3.8) is 0 Å². The number of hydrogen-bond acceptors (Lipinski definition) is 1. The molecule has 0 aromatic rings.